The number of fused-ring (bicyclic) bond motifs is 7. The molecule has 2 aliphatic rings. The van der Waals surface area contributed by atoms with Gasteiger partial charge in [0, 0.05) is 24.3 Å². The number of rotatable bonds is 30. The van der Waals surface area contributed by atoms with E-state index < -0.39 is 34.7 Å². The number of esters is 4. The third-order valence-corrected chi connectivity index (χ3v) is 16.2. The van der Waals surface area contributed by atoms with Crippen molar-refractivity contribution in [3.63, 3.8) is 0 Å². The zero-order valence-electron chi connectivity index (χ0n) is 52.7. The van der Waals surface area contributed by atoms with E-state index in [1.54, 1.807) is 13.8 Å². The molecule has 0 N–H and O–H groups in total. The van der Waals surface area contributed by atoms with Gasteiger partial charge in [0.15, 0.2) is 0 Å². The Morgan fingerprint density at radius 1 is 0.340 bits per heavy atom. The second kappa shape index (κ2) is 31.5. The molecule has 11 rings (SSSR count). The average Bonchev–Trinajstić information content (AvgIpc) is 1.53. The molecule has 0 amide bonds. The van der Waals surface area contributed by atoms with Gasteiger partial charge in [0.2, 0.25) is 0 Å². The molecule has 0 heterocycles. The zero-order chi connectivity index (χ0) is 65.9. The summed E-state index contributed by atoms with van der Waals surface area (Å²) in [6.45, 7) is 19.9. The summed E-state index contributed by atoms with van der Waals surface area (Å²) < 4.78 is 55.3. The van der Waals surface area contributed by atoms with Crippen LogP contribution >= 0.6 is 0 Å². The SMILES string of the molecule is C=CC(=O)OC(C)COCCOc1ccc(C2(c3ccc(OCCOCC(C)OC(=O)C=C)cc3)c3ccccc3-c3ccccc32)cc1.C=CC(=O)OCCOc1ccc(C2(c3ccc(OCCOC(=O)C=C)cc3)c3ccccc3-c3cc4ccccc4cc32)cc1. The molecule has 0 bridgehead atoms. The monoisotopic (exact) mass is 1260 g/mol. The standard InChI is InChI=1S/C41H42O8.C39H32O6/c1-5-39(42)48-29(3)27-44-23-25-46-33-19-15-31(16-20-33)41(37-13-9-7-11-35(37)36-12-8-10-14-38(36)41)32-17-21-34(22-18-32)47-26-24-45-28-30(4)49-40(43)6-2;1-3-37(40)44-23-21-42-31-17-13-29(14-18-31)39(30-15-19-32(20-16-30)43-22-24-45-38(41)4-2)35-12-8-7-11-33(35)34-25-27-9-5-6-10-28(27)26-36(34)39/h5-22,29-30H,1-2,23-28H2,3-4H3;3-20,25-26H,1-2,21-24H2. The van der Waals surface area contributed by atoms with Crippen LogP contribution in [-0.4, -0.2) is 102 Å². The molecule has 14 nitrogen and oxygen atoms in total. The molecule has 478 valence electrons. The highest BCUT2D eigenvalue weighted by Crippen LogP contribution is 2.58. The fourth-order valence-electron chi connectivity index (χ4n) is 12.2. The van der Waals surface area contributed by atoms with Crippen LogP contribution in [0.3, 0.4) is 0 Å². The van der Waals surface area contributed by atoms with Crippen LogP contribution in [0.25, 0.3) is 33.0 Å². The first-order valence-electron chi connectivity index (χ1n) is 31.1. The Morgan fingerprint density at radius 2 is 0.638 bits per heavy atom. The van der Waals surface area contributed by atoms with E-state index in [9.17, 15) is 19.2 Å². The predicted octanol–water partition coefficient (Wildman–Crippen LogP) is 14.5. The molecule has 0 radical (unpaired) electrons. The lowest BCUT2D eigenvalue weighted by Gasteiger charge is -2.34. The second-order valence-electron chi connectivity index (χ2n) is 22.2. The Morgan fingerprint density at radius 3 is 0.989 bits per heavy atom. The van der Waals surface area contributed by atoms with Gasteiger partial charge in [0.05, 0.1) is 37.3 Å². The fourth-order valence-corrected chi connectivity index (χ4v) is 12.2. The largest absolute Gasteiger partial charge is 0.491 e. The minimum Gasteiger partial charge on any atom is -0.491 e. The summed E-state index contributed by atoms with van der Waals surface area (Å²) in [5, 5.41) is 2.35. The van der Waals surface area contributed by atoms with E-state index in [0.717, 1.165) is 63.4 Å². The van der Waals surface area contributed by atoms with Crippen LogP contribution in [0.1, 0.15) is 58.4 Å². The molecule has 0 aliphatic heterocycles. The van der Waals surface area contributed by atoms with Gasteiger partial charge >= 0.3 is 23.9 Å². The maximum Gasteiger partial charge on any atom is 0.330 e. The van der Waals surface area contributed by atoms with Crippen LogP contribution in [0.5, 0.6) is 23.0 Å². The molecule has 0 saturated heterocycles. The predicted molar refractivity (Wildman–Crippen MR) is 362 cm³/mol. The van der Waals surface area contributed by atoms with Crippen molar-refractivity contribution >= 4 is 34.6 Å². The summed E-state index contributed by atoms with van der Waals surface area (Å²) >= 11 is 0. The summed E-state index contributed by atoms with van der Waals surface area (Å²) in [4.78, 5) is 45.4. The lowest BCUT2D eigenvalue weighted by atomic mass is 9.67. The Hall–Kier alpha value is -10.8. The van der Waals surface area contributed by atoms with Gasteiger partial charge < -0.3 is 47.4 Å². The topological polar surface area (TPSA) is 161 Å². The van der Waals surface area contributed by atoms with Gasteiger partial charge in [-0.1, -0.05) is 172 Å². The summed E-state index contributed by atoms with van der Waals surface area (Å²) in [6.07, 6.45) is 3.79. The Kier molecular flexibility index (Phi) is 22.2. The van der Waals surface area contributed by atoms with Crippen LogP contribution in [0, 0.1) is 0 Å². The molecular formula is C80H74O14. The molecule has 9 aromatic carbocycles. The molecule has 0 spiro atoms. The Bertz CT molecular complexity index is 3930. The lowest BCUT2D eigenvalue weighted by molar-refractivity contribution is -0.145. The van der Waals surface area contributed by atoms with Gasteiger partial charge in [-0.25, -0.2) is 19.2 Å². The van der Waals surface area contributed by atoms with E-state index in [1.165, 1.54) is 49.9 Å². The highest BCUT2D eigenvalue weighted by Gasteiger charge is 2.47. The van der Waals surface area contributed by atoms with E-state index >= 15 is 0 Å². The summed E-state index contributed by atoms with van der Waals surface area (Å²) in [6, 6.07) is 71.4. The summed E-state index contributed by atoms with van der Waals surface area (Å²) in [7, 11) is 0. The smallest absolute Gasteiger partial charge is 0.330 e. The average molecular weight is 1260 g/mol. The molecule has 94 heavy (non-hydrogen) atoms. The van der Waals surface area contributed by atoms with Crippen LogP contribution < -0.4 is 18.9 Å². The quantitative estimate of drug-likeness (QED) is 0.0181. The number of carbonyl (C=O) groups excluding carboxylic acids is 4. The molecule has 2 atom stereocenters. The third kappa shape index (κ3) is 14.9. The molecule has 14 heteroatoms. The van der Waals surface area contributed by atoms with Gasteiger partial charge in [-0.05, 0) is 152 Å². The van der Waals surface area contributed by atoms with Crippen molar-refractivity contribution in [2.75, 3.05) is 66.1 Å². The van der Waals surface area contributed by atoms with Crippen LogP contribution in [0.15, 0.2) is 257 Å². The van der Waals surface area contributed by atoms with E-state index in [4.69, 9.17) is 47.4 Å². The Labute approximate surface area is 548 Å². The van der Waals surface area contributed by atoms with Crippen molar-refractivity contribution in [2.45, 2.75) is 36.9 Å². The maximum atomic E-state index is 11.4. The van der Waals surface area contributed by atoms with Gasteiger partial charge in [0.25, 0.3) is 0 Å². The molecule has 0 aromatic heterocycles. The zero-order valence-corrected chi connectivity index (χ0v) is 52.7. The van der Waals surface area contributed by atoms with Crippen LogP contribution in [-0.2, 0) is 58.4 Å². The highest BCUT2D eigenvalue weighted by molar-refractivity contribution is 5.96. The molecule has 2 aliphatic carbocycles. The van der Waals surface area contributed by atoms with Gasteiger partial charge in [-0.2, -0.15) is 0 Å². The number of benzene rings is 9. The third-order valence-electron chi connectivity index (χ3n) is 16.2. The van der Waals surface area contributed by atoms with Crippen molar-refractivity contribution in [3.8, 4) is 45.3 Å². The summed E-state index contributed by atoms with van der Waals surface area (Å²) in [5.74, 6) is 0.911. The van der Waals surface area contributed by atoms with Crippen molar-refractivity contribution in [3.05, 3.63) is 301 Å². The normalized spacial score (nSPS) is 13.1. The molecule has 0 fully saturated rings. The molecular weight excluding hydrogens is 1180 g/mol. The van der Waals surface area contributed by atoms with Gasteiger partial charge in [0.1, 0.15) is 74.8 Å². The first kappa shape index (κ1) is 66.1. The molecule has 0 saturated carbocycles. The van der Waals surface area contributed by atoms with Crippen LogP contribution in [0.4, 0.5) is 0 Å². The van der Waals surface area contributed by atoms with Crippen molar-refractivity contribution in [1.82, 2.24) is 0 Å². The van der Waals surface area contributed by atoms with Crippen molar-refractivity contribution in [2.24, 2.45) is 0 Å². The number of hydrogen-bond donors (Lipinski definition) is 0. The van der Waals surface area contributed by atoms with E-state index in [2.05, 4.69) is 184 Å². The molecule has 9 aromatic rings. The molecule has 2 unspecified atom stereocenters. The first-order chi connectivity index (χ1) is 45.9. The summed E-state index contributed by atoms with van der Waals surface area (Å²) in [5.41, 5.74) is 12.8. The van der Waals surface area contributed by atoms with E-state index in [-0.39, 0.29) is 51.8 Å². The number of ether oxygens (including phenoxy) is 10. The fraction of sp³-hybridized carbons (Fsp3) is 0.200. The van der Waals surface area contributed by atoms with Crippen molar-refractivity contribution < 1.29 is 66.5 Å². The maximum absolute atomic E-state index is 11.4. The minimum absolute atomic E-state index is 0.134. The highest BCUT2D eigenvalue weighted by atomic mass is 16.6. The van der Waals surface area contributed by atoms with Crippen LogP contribution in [0.2, 0.25) is 0 Å². The number of hydrogen-bond acceptors (Lipinski definition) is 14. The minimum atomic E-state index is -0.619. The second-order valence-corrected chi connectivity index (χ2v) is 22.2. The lowest BCUT2D eigenvalue weighted by Crippen LogP contribution is -2.28. The van der Waals surface area contributed by atoms with Crippen molar-refractivity contribution in [1.29, 1.82) is 0 Å². The van der Waals surface area contributed by atoms with E-state index in [1.807, 2.05) is 48.5 Å². The van der Waals surface area contributed by atoms with Gasteiger partial charge in [-0.15, -0.1) is 0 Å². The number of carbonyl (C=O) groups is 4. The first-order valence-corrected chi connectivity index (χ1v) is 31.1. The van der Waals surface area contributed by atoms with E-state index in [0.29, 0.717) is 37.9 Å². The Balaban J connectivity index is 0.000000206. The van der Waals surface area contributed by atoms with Gasteiger partial charge in [-0.3, -0.25) is 0 Å².